The first-order chi connectivity index (χ1) is 10.7. The molecule has 0 spiro atoms. The van der Waals surface area contributed by atoms with Gasteiger partial charge in [-0.2, -0.15) is 0 Å². The third-order valence-corrected chi connectivity index (χ3v) is 3.73. The van der Waals surface area contributed by atoms with E-state index in [-0.39, 0.29) is 18.4 Å². The Labute approximate surface area is 129 Å². The highest BCUT2D eigenvalue weighted by Crippen LogP contribution is 2.35. The number of nitrogens with zero attached hydrogens (tertiary/aromatic N) is 1. The number of amides is 2. The Balaban J connectivity index is 2.22. The normalized spacial score (nSPS) is 13.6. The van der Waals surface area contributed by atoms with Gasteiger partial charge in [0.1, 0.15) is 5.75 Å². The molecule has 22 heavy (non-hydrogen) atoms. The highest BCUT2D eigenvalue weighted by Gasteiger charge is 2.32. The fourth-order valence-corrected chi connectivity index (χ4v) is 2.75. The Hall–Kier alpha value is -2.62. The second-order valence-corrected chi connectivity index (χ2v) is 5.20. The maximum Gasteiger partial charge on any atom is 0.261 e. The number of hydrogen-bond donors (Lipinski definition) is 0. The van der Waals surface area contributed by atoms with Crippen molar-refractivity contribution in [3.8, 4) is 5.75 Å². The number of ether oxygens (including phenoxy) is 1. The van der Waals surface area contributed by atoms with Gasteiger partial charge in [-0.3, -0.25) is 14.5 Å². The summed E-state index contributed by atoms with van der Waals surface area (Å²) in [4.78, 5) is 26.3. The molecule has 0 atom stereocenters. The zero-order valence-electron chi connectivity index (χ0n) is 12.5. The highest BCUT2D eigenvalue weighted by molar-refractivity contribution is 6.26. The smallest absolute Gasteiger partial charge is 0.261 e. The number of carbonyl (C=O) groups is 2. The molecular formula is C18H17NO3. The maximum absolute atomic E-state index is 12.5. The summed E-state index contributed by atoms with van der Waals surface area (Å²) >= 11 is 0. The summed E-state index contributed by atoms with van der Waals surface area (Å²) in [6.07, 6.45) is 2.45. The zero-order valence-corrected chi connectivity index (χ0v) is 12.5. The van der Waals surface area contributed by atoms with Gasteiger partial charge in [0.15, 0.2) is 0 Å². The van der Waals surface area contributed by atoms with Gasteiger partial charge in [0.2, 0.25) is 0 Å². The molecule has 2 aromatic carbocycles. The van der Waals surface area contributed by atoms with Gasteiger partial charge >= 0.3 is 0 Å². The van der Waals surface area contributed by atoms with Gasteiger partial charge in [0.25, 0.3) is 11.8 Å². The van der Waals surface area contributed by atoms with E-state index in [4.69, 9.17) is 4.74 Å². The highest BCUT2D eigenvalue weighted by atomic mass is 16.5. The molecule has 0 aliphatic carbocycles. The van der Waals surface area contributed by atoms with E-state index in [2.05, 4.69) is 6.58 Å². The van der Waals surface area contributed by atoms with E-state index in [9.17, 15) is 9.59 Å². The molecule has 4 heteroatoms. The van der Waals surface area contributed by atoms with Gasteiger partial charge in [0, 0.05) is 28.4 Å². The van der Waals surface area contributed by atoms with E-state index in [0.29, 0.717) is 28.9 Å². The van der Waals surface area contributed by atoms with Crippen LogP contribution in [-0.4, -0.2) is 29.9 Å². The third kappa shape index (κ3) is 2.08. The van der Waals surface area contributed by atoms with Gasteiger partial charge in [0.05, 0.1) is 6.61 Å². The number of carbonyl (C=O) groups excluding carboxylic acids is 2. The van der Waals surface area contributed by atoms with E-state index in [1.54, 1.807) is 24.3 Å². The van der Waals surface area contributed by atoms with Crippen molar-refractivity contribution < 1.29 is 14.3 Å². The van der Waals surface area contributed by atoms with Crippen molar-refractivity contribution in [3.63, 3.8) is 0 Å². The van der Waals surface area contributed by atoms with Gasteiger partial charge < -0.3 is 4.74 Å². The van der Waals surface area contributed by atoms with Crippen LogP contribution in [0, 0.1) is 0 Å². The van der Waals surface area contributed by atoms with Crippen LogP contribution in [0.5, 0.6) is 5.75 Å². The van der Waals surface area contributed by atoms with E-state index < -0.39 is 0 Å². The van der Waals surface area contributed by atoms with Crippen molar-refractivity contribution in [2.45, 2.75) is 13.3 Å². The summed E-state index contributed by atoms with van der Waals surface area (Å²) in [6.45, 7) is 6.45. The van der Waals surface area contributed by atoms with Crippen molar-refractivity contribution in [2.24, 2.45) is 0 Å². The molecule has 0 saturated heterocycles. The maximum atomic E-state index is 12.5. The fourth-order valence-electron chi connectivity index (χ4n) is 2.75. The second-order valence-electron chi connectivity index (χ2n) is 5.20. The molecule has 1 aliphatic rings. The van der Waals surface area contributed by atoms with Crippen LogP contribution in [0.4, 0.5) is 0 Å². The van der Waals surface area contributed by atoms with Gasteiger partial charge in [-0.1, -0.05) is 25.1 Å². The molecule has 0 unspecified atom stereocenters. The van der Waals surface area contributed by atoms with Crippen molar-refractivity contribution in [1.29, 1.82) is 0 Å². The molecule has 2 aromatic rings. The van der Waals surface area contributed by atoms with Crippen molar-refractivity contribution in [1.82, 2.24) is 4.90 Å². The minimum atomic E-state index is -0.282. The molecule has 112 valence electrons. The first-order valence-corrected chi connectivity index (χ1v) is 7.34. The summed E-state index contributed by atoms with van der Waals surface area (Å²) < 4.78 is 5.74. The summed E-state index contributed by atoms with van der Waals surface area (Å²) in [7, 11) is 0. The average Bonchev–Trinajstić information content (AvgIpc) is 2.54. The molecule has 0 radical (unpaired) electrons. The predicted molar refractivity (Wildman–Crippen MR) is 85.3 cm³/mol. The molecule has 0 fully saturated rings. The Bertz CT molecular complexity index is 757. The number of rotatable bonds is 5. The largest absolute Gasteiger partial charge is 0.493 e. The van der Waals surface area contributed by atoms with Crippen LogP contribution in [-0.2, 0) is 0 Å². The summed E-state index contributed by atoms with van der Waals surface area (Å²) in [6, 6.07) is 9.00. The van der Waals surface area contributed by atoms with Crippen molar-refractivity contribution in [3.05, 3.63) is 54.1 Å². The minimum Gasteiger partial charge on any atom is -0.493 e. The molecule has 1 aliphatic heterocycles. The molecule has 0 bridgehead atoms. The van der Waals surface area contributed by atoms with E-state index >= 15 is 0 Å². The Morgan fingerprint density at radius 2 is 1.86 bits per heavy atom. The molecule has 2 amide bonds. The molecule has 4 nitrogen and oxygen atoms in total. The molecule has 3 rings (SSSR count). The molecular weight excluding hydrogens is 278 g/mol. The zero-order chi connectivity index (χ0) is 15.7. The van der Waals surface area contributed by atoms with Crippen LogP contribution in [0.15, 0.2) is 43.0 Å². The summed E-state index contributed by atoms with van der Waals surface area (Å²) in [5.41, 5.74) is 1.08. The van der Waals surface area contributed by atoms with Crippen LogP contribution in [0.3, 0.4) is 0 Å². The Morgan fingerprint density at radius 1 is 1.14 bits per heavy atom. The fraction of sp³-hybridized carbons (Fsp3) is 0.222. The molecule has 1 heterocycles. The number of benzene rings is 2. The molecule has 0 aromatic heterocycles. The van der Waals surface area contributed by atoms with Crippen LogP contribution in [0.25, 0.3) is 10.8 Å². The lowest BCUT2D eigenvalue weighted by molar-refractivity contribution is 0.0629. The lowest BCUT2D eigenvalue weighted by Gasteiger charge is -2.26. The molecule has 0 saturated carbocycles. The average molecular weight is 295 g/mol. The summed E-state index contributed by atoms with van der Waals surface area (Å²) in [5.74, 6) is 0.145. The summed E-state index contributed by atoms with van der Waals surface area (Å²) in [5, 5.41) is 1.50. The lowest BCUT2D eigenvalue weighted by Crippen LogP contribution is -2.40. The van der Waals surface area contributed by atoms with Crippen molar-refractivity contribution in [2.75, 3.05) is 13.2 Å². The van der Waals surface area contributed by atoms with E-state index in [0.717, 1.165) is 11.8 Å². The lowest BCUT2D eigenvalue weighted by atomic mass is 9.93. The van der Waals surface area contributed by atoms with Gasteiger partial charge in [-0.05, 0) is 24.6 Å². The monoisotopic (exact) mass is 295 g/mol. The third-order valence-electron chi connectivity index (χ3n) is 3.73. The SMILES string of the molecule is C=CCN1C(=O)c2cccc3c(OCCC)ccc(c23)C1=O. The van der Waals surface area contributed by atoms with Crippen molar-refractivity contribution >= 4 is 22.6 Å². The van der Waals surface area contributed by atoms with E-state index in [1.807, 2.05) is 19.1 Å². The van der Waals surface area contributed by atoms with Crippen LogP contribution in [0.2, 0.25) is 0 Å². The van der Waals surface area contributed by atoms with Crippen LogP contribution in [0.1, 0.15) is 34.1 Å². The van der Waals surface area contributed by atoms with Gasteiger partial charge in [-0.25, -0.2) is 0 Å². The van der Waals surface area contributed by atoms with Crippen LogP contribution < -0.4 is 4.74 Å². The number of hydrogen-bond acceptors (Lipinski definition) is 3. The number of imide groups is 1. The standard InChI is InChI=1S/C18H17NO3/c1-3-10-19-17(20)13-7-5-6-12-15(22-11-4-2)9-8-14(16(12)13)18(19)21/h3,5-9H,1,4,10-11H2,2H3. The Kier molecular flexibility index (Phi) is 3.67. The molecule has 0 N–H and O–H groups in total. The Morgan fingerprint density at radius 3 is 2.55 bits per heavy atom. The first kappa shape index (κ1) is 14.3. The second kappa shape index (κ2) is 5.64. The topological polar surface area (TPSA) is 46.6 Å². The van der Waals surface area contributed by atoms with E-state index in [1.165, 1.54) is 4.90 Å². The van der Waals surface area contributed by atoms with Gasteiger partial charge in [-0.15, -0.1) is 6.58 Å². The first-order valence-electron chi connectivity index (χ1n) is 7.34. The van der Waals surface area contributed by atoms with Crippen LogP contribution >= 0.6 is 0 Å². The predicted octanol–water partition coefficient (Wildman–Crippen LogP) is 3.41. The minimum absolute atomic E-state index is 0.210. The quantitative estimate of drug-likeness (QED) is 0.627.